The van der Waals surface area contributed by atoms with Crippen LogP contribution in [0, 0.1) is 17.3 Å². The lowest BCUT2D eigenvalue weighted by molar-refractivity contribution is -0.0262. The molecule has 2 fully saturated rings. The van der Waals surface area contributed by atoms with Gasteiger partial charge in [0.15, 0.2) is 0 Å². The summed E-state index contributed by atoms with van der Waals surface area (Å²) in [7, 11) is -15.7. The van der Waals surface area contributed by atoms with Crippen LogP contribution >= 0.6 is 0 Å². The van der Waals surface area contributed by atoms with E-state index in [1.165, 1.54) is 6.07 Å². The maximum Gasteiger partial charge on any atom is 0.306 e. The highest BCUT2D eigenvalue weighted by Gasteiger charge is 2.61. The average Bonchev–Trinajstić information content (AvgIpc) is 2.94. The summed E-state index contributed by atoms with van der Waals surface area (Å²) in [4.78, 5) is 0. The van der Waals surface area contributed by atoms with Crippen molar-refractivity contribution >= 4 is 40.5 Å². The standard InChI is InChI=1S/C22H32O12S4/c1-22-9-8-16-15(17(22)12-19(33-37(4,27)28)21(22)34-38(5,29)30)7-6-13-10-14(31-35(2,23)24)11-18(20(13)16)32-36(3,25)26/h10-11,15-17,19,21H,6-9,12H2,1-5H3/t15-,16-,17-,19-,21-,22-/m0/s1. The largest absolute Gasteiger partial charge is 0.382 e. The Morgan fingerprint density at radius 1 is 0.789 bits per heavy atom. The van der Waals surface area contributed by atoms with Crippen LogP contribution in [0.3, 0.4) is 0 Å². The summed E-state index contributed by atoms with van der Waals surface area (Å²) in [5.74, 6) is -0.591. The van der Waals surface area contributed by atoms with Crippen molar-refractivity contribution in [2.75, 3.05) is 25.0 Å². The summed E-state index contributed by atoms with van der Waals surface area (Å²) >= 11 is 0. The van der Waals surface area contributed by atoms with E-state index < -0.39 is 58.1 Å². The second-order valence-corrected chi connectivity index (χ2v) is 17.2. The molecule has 1 aromatic carbocycles. The fraction of sp³-hybridized carbons (Fsp3) is 0.727. The zero-order valence-electron chi connectivity index (χ0n) is 21.6. The van der Waals surface area contributed by atoms with E-state index >= 15 is 0 Å². The van der Waals surface area contributed by atoms with Crippen molar-refractivity contribution < 1.29 is 50.4 Å². The van der Waals surface area contributed by atoms with Crippen LogP contribution in [0.1, 0.15) is 49.7 Å². The van der Waals surface area contributed by atoms with Crippen LogP contribution in [0.2, 0.25) is 0 Å². The van der Waals surface area contributed by atoms with Gasteiger partial charge in [-0.25, -0.2) is 0 Å². The smallest absolute Gasteiger partial charge is 0.306 e. The molecule has 0 unspecified atom stereocenters. The lowest BCUT2D eigenvalue weighted by Gasteiger charge is -2.50. The third-order valence-electron chi connectivity index (χ3n) is 7.73. The molecule has 0 radical (unpaired) electrons. The minimum atomic E-state index is -3.98. The number of aryl methyl sites for hydroxylation is 1. The molecule has 2 saturated carbocycles. The van der Waals surface area contributed by atoms with Gasteiger partial charge in [-0.15, -0.1) is 0 Å². The van der Waals surface area contributed by atoms with E-state index in [4.69, 9.17) is 16.7 Å². The van der Waals surface area contributed by atoms with Crippen LogP contribution < -0.4 is 8.37 Å². The Kier molecular flexibility index (Phi) is 7.44. The molecular formula is C22H32O12S4. The van der Waals surface area contributed by atoms with Crippen LogP contribution in [0.25, 0.3) is 0 Å². The highest BCUT2D eigenvalue weighted by atomic mass is 32.2. The molecule has 1 aromatic rings. The zero-order chi connectivity index (χ0) is 28.5. The second kappa shape index (κ2) is 9.58. The van der Waals surface area contributed by atoms with E-state index in [2.05, 4.69) is 0 Å². The molecule has 0 spiro atoms. The van der Waals surface area contributed by atoms with E-state index in [-0.39, 0.29) is 35.7 Å². The molecular weight excluding hydrogens is 584 g/mol. The van der Waals surface area contributed by atoms with Gasteiger partial charge in [0.2, 0.25) is 0 Å². The molecule has 6 atom stereocenters. The van der Waals surface area contributed by atoms with Crippen molar-refractivity contribution in [1.29, 1.82) is 0 Å². The molecule has 0 bridgehead atoms. The van der Waals surface area contributed by atoms with Gasteiger partial charge in [-0.05, 0) is 61.5 Å². The van der Waals surface area contributed by atoms with Crippen LogP contribution in [-0.4, -0.2) is 70.9 Å². The van der Waals surface area contributed by atoms with Gasteiger partial charge in [0.05, 0.1) is 25.0 Å². The van der Waals surface area contributed by atoms with Crippen molar-refractivity contribution in [3.63, 3.8) is 0 Å². The van der Waals surface area contributed by atoms with Gasteiger partial charge in [-0.1, -0.05) is 6.92 Å². The molecule has 3 aliphatic rings. The summed E-state index contributed by atoms with van der Waals surface area (Å²) in [6, 6.07) is 2.81. The molecule has 0 saturated heterocycles. The maximum absolute atomic E-state index is 12.1. The second-order valence-electron chi connectivity index (χ2n) is 10.8. The Bertz CT molecular complexity index is 1550. The number of hydrogen-bond acceptors (Lipinski definition) is 12. The molecule has 0 aromatic heterocycles. The topological polar surface area (TPSA) is 173 Å². The summed E-state index contributed by atoms with van der Waals surface area (Å²) < 4.78 is 117. The summed E-state index contributed by atoms with van der Waals surface area (Å²) in [5, 5.41) is 0. The monoisotopic (exact) mass is 616 g/mol. The van der Waals surface area contributed by atoms with E-state index in [0.717, 1.165) is 25.0 Å². The van der Waals surface area contributed by atoms with Crippen LogP contribution in [-0.2, 0) is 55.3 Å². The molecule has 0 N–H and O–H groups in total. The zero-order valence-corrected chi connectivity index (χ0v) is 24.9. The molecule has 4 rings (SSSR count). The molecule has 0 heterocycles. The Labute approximate surface area is 224 Å². The van der Waals surface area contributed by atoms with Crippen molar-refractivity contribution in [1.82, 2.24) is 0 Å². The van der Waals surface area contributed by atoms with Gasteiger partial charge in [0.25, 0.3) is 20.2 Å². The van der Waals surface area contributed by atoms with E-state index in [1.54, 1.807) is 6.07 Å². The molecule has 3 aliphatic carbocycles. The molecule has 16 heteroatoms. The quantitative estimate of drug-likeness (QED) is 0.386. The van der Waals surface area contributed by atoms with Crippen molar-refractivity contribution in [3.8, 4) is 11.5 Å². The van der Waals surface area contributed by atoms with E-state index in [9.17, 15) is 33.7 Å². The van der Waals surface area contributed by atoms with E-state index in [1.807, 2.05) is 6.92 Å². The Hall–Kier alpha value is -1.46. The average molecular weight is 617 g/mol. The lowest BCUT2D eigenvalue weighted by Crippen LogP contribution is -2.47. The predicted octanol–water partition coefficient (Wildman–Crippen LogP) is 1.52. The predicted molar refractivity (Wildman–Crippen MR) is 137 cm³/mol. The van der Waals surface area contributed by atoms with Crippen molar-refractivity contribution in [2.45, 2.75) is 57.2 Å². The summed E-state index contributed by atoms with van der Waals surface area (Å²) in [6.45, 7) is 1.88. The first-order valence-corrected chi connectivity index (χ1v) is 19.1. The molecule has 38 heavy (non-hydrogen) atoms. The minimum Gasteiger partial charge on any atom is -0.382 e. The fourth-order valence-electron chi connectivity index (χ4n) is 6.73. The summed E-state index contributed by atoms with van der Waals surface area (Å²) in [6.07, 6.45) is 3.80. The molecule has 216 valence electrons. The van der Waals surface area contributed by atoms with E-state index in [0.29, 0.717) is 36.8 Å². The van der Waals surface area contributed by atoms with Gasteiger partial charge in [-0.2, -0.15) is 33.7 Å². The minimum absolute atomic E-state index is 0.0205. The molecule has 12 nitrogen and oxygen atoms in total. The first kappa shape index (κ1) is 29.5. The fourth-order valence-corrected chi connectivity index (χ4v) is 8.99. The van der Waals surface area contributed by atoms with Gasteiger partial charge >= 0.3 is 20.2 Å². The van der Waals surface area contributed by atoms with Gasteiger partial charge in [-0.3, -0.25) is 8.37 Å². The normalized spacial score (nSPS) is 31.7. The Morgan fingerprint density at radius 2 is 1.39 bits per heavy atom. The highest BCUT2D eigenvalue weighted by molar-refractivity contribution is 7.86. The van der Waals surface area contributed by atoms with Gasteiger partial charge < -0.3 is 8.37 Å². The van der Waals surface area contributed by atoms with Crippen LogP contribution in [0.15, 0.2) is 12.1 Å². The van der Waals surface area contributed by atoms with Gasteiger partial charge in [0, 0.05) is 17.0 Å². The molecule has 0 amide bonds. The molecule has 0 aliphatic heterocycles. The Morgan fingerprint density at radius 3 is 1.95 bits per heavy atom. The first-order chi connectivity index (χ1) is 17.2. The van der Waals surface area contributed by atoms with Crippen molar-refractivity contribution in [3.05, 3.63) is 23.3 Å². The third kappa shape index (κ3) is 6.46. The number of benzene rings is 1. The number of rotatable bonds is 8. The van der Waals surface area contributed by atoms with Crippen molar-refractivity contribution in [2.24, 2.45) is 17.3 Å². The van der Waals surface area contributed by atoms with Gasteiger partial charge in [0.1, 0.15) is 23.7 Å². The number of fused-ring (bicyclic) bond motifs is 5. The Balaban J connectivity index is 1.78. The lowest BCUT2D eigenvalue weighted by atomic mass is 9.55. The SMILES string of the molecule is C[C@]12CC[C@@H]3c4c(cc(OS(C)(=O)=O)cc4OS(C)(=O)=O)CC[C@@H]3[C@@H]1C[C@H](OS(C)(=O)=O)[C@@H]2OS(C)(=O)=O. The van der Waals surface area contributed by atoms with Crippen LogP contribution in [0.5, 0.6) is 11.5 Å². The number of hydrogen-bond donors (Lipinski definition) is 0. The maximum atomic E-state index is 12.1. The highest BCUT2D eigenvalue weighted by Crippen LogP contribution is 2.63. The third-order valence-corrected chi connectivity index (χ3v) is 9.86. The van der Waals surface area contributed by atoms with Crippen LogP contribution in [0.4, 0.5) is 0 Å². The summed E-state index contributed by atoms with van der Waals surface area (Å²) in [5.41, 5.74) is 0.594. The first-order valence-electron chi connectivity index (χ1n) is 11.9.